The first-order valence-electron chi connectivity index (χ1n) is 8.09. The zero-order chi connectivity index (χ0) is 17.6. The molecule has 1 N–H and O–H groups in total. The van der Waals surface area contributed by atoms with Gasteiger partial charge in [0.15, 0.2) is 0 Å². The Hall–Kier alpha value is -2.99. The molecule has 1 amide bonds. The molecule has 6 nitrogen and oxygen atoms in total. The molecule has 1 unspecified atom stereocenters. The van der Waals surface area contributed by atoms with Gasteiger partial charge < -0.3 is 5.32 Å². The maximum atomic E-state index is 12.7. The van der Waals surface area contributed by atoms with Crippen molar-refractivity contribution in [2.24, 2.45) is 0 Å². The molecule has 128 valence electrons. The first kappa shape index (κ1) is 16.9. The largest absolute Gasteiger partial charge is 0.323 e. The molecule has 2 heterocycles. The van der Waals surface area contributed by atoms with Gasteiger partial charge in [-0.05, 0) is 38.2 Å². The van der Waals surface area contributed by atoms with Gasteiger partial charge >= 0.3 is 0 Å². The maximum Gasteiger partial charge on any atom is 0.242 e. The number of hydrogen-bond donors (Lipinski definition) is 1. The van der Waals surface area contributed by atoms with Crippen molar-refractivity contribution in [3.63, 3.8) is 0 Å². The van der Waals surface area contributed by atoms with Crippen LogP contribution in [0.4, 0.5) is 5.69 Å². The van der Waals surface area contributed by atoms with Gasteiger partial charge in [-0.3, -0.25) is 14.3 Å². The third kappa shape index (κ3) is 4.30. The van der Waals surface area contributed by atoms with E-state index in [1.165, 1.54) is 0 Å². The summed E-state index contributed by atoms with van der Waals surface area (Å²) < 4.78 is 1.81. The van der Waals surface area contributed by atoms with Crippen molar-refractivity contribution in [1.82, 2.24) is 19.4 Å². The number of aromatic nitrogens is 3. The average Bonchev–Trinajstić information content (AvgIpc) is 3.15. The Morgan fingerprint density at radius 2 is 2.00 bits per heavy atom. The van der Waals surface area contributed by atoms with Crippen LogP contribution >= 0.6 is 0 Å². The fraction of sp³-hybridized carbons (Fsp3) is 0.211. The third-order valence-corrected chi connectivity index (χ3v) is 3.98. The number of rotatable bonds is 6. The predicted molar refractivity (Wildman–Crippen MR) is 97.6 cm³/mol. The Balaban J connectivity index is 1.68. The minimum Gasteiger partial charge on any atom is -0.323 e. The van der Waals surface area contributed by atoms with E-state index in [-0.39, 0.29) is 11.9 Å². The number of pyridine rings is 1. The van der Waals surface area contributed by atoms with Gasteiger partial charge in [-0.2, -0.15) is 0 Å². The highest BCUT2D eigenvalue weighted by Crippen LogP contribution is 2.13. The molecule has 1 aromatic carbocycles. The van der Waals surface area contributed by atoms with E-state index in [0.29, 0.717) is 12.1 Å². The second-order valence-electron chi connectivity index (χ2n) is 6.03. The maximum absolute atomic E-state index is 12.7. The second-order valence-corrected chi connectivity index (χ2v) is 6.03. The molecule has 3 aromatic rings. The monoisotopic (exact) mass is 335 g/mol. The van der Waals surface area contributed by atoms with Crippen LogP contribution in [-0.4, -0.2) is 45.5 Å². The van der Waals surface area contributed by atoms with Crippen LogP contribution in [0.1, 0.15) is 5.56 Å². The van der Waals surface area contributed by atoms with Crippen molar-refractivity contribution in [2.45, 2.75) is 12.5 Å². The van der Waals surface area contributed by atoms with E-state index in [1.807, 2.05) is 72.2 Å². The topological polar surface area (TPSA) is 63.1 Å². The van der Waals surface area contributed by atoms with E-state index < -0.39 is 0 Å². The molecule has 0 spiro atoms. The molecule has 0 saturated carbocycles. The number of carbonyl (C=O) groups excluding carboxylic acids is 1. The van der Waals surface area contributed by atoms with Crippen molar-refractivity contribution < 1.29 is 4.79 Å². The number of carbonyl (C=O) groups is 1. The summed E-state index contributed by atoms with van der Waals surface area (Å²) in [5, 5.41) is 2.95. The fourth-order valence-corrected chi connectivity index (χ4v) is 2.58. The summed E-state index contributed by atoms with van der Waals surface area (Å²) in [7, 11) is 3.82. The fourth-order valence-electron chi connectivity index (χ4n) is 2.58. The molecule has 0 aliphatic carbocycles. The minimum absolute atomic E-state index is 0.0500. The molecule has 2 aromatic heterocycles. The lowest BCUT2D eigenvalue weighted by Crippen LogP contribution is -2.41. The predicted octanol–water partition coefficient (Wildman–Crippen LogP) is 2.38. The standard InChI is InChI=1S/C19H21N5O/c1-23(2)17(12-15-6-4-3-5-7-15)19(25)22-16-8-9-18(21-13-16)24-11-10-20-14-24/h3-11,13-14,17H,12H2,1-2H3,(H,22,25). The van der Waals surface area contributed by atoms with Crippen LogP contribution in [0.25, 0.3) is 5.82 Å². The Morgan fingerprint density at radius 1 is 1.20 bits per heavy atom. The Bertz CT molecular complexity index is 798. The number of imidazole rings is 1. The van der Waals surface area contributed by atoms with Gasteiger partial charge in [0.2, 0.25) is 5.91 Å². The number of likely N-dealkylation sites (N-methyl/N-ethyl adjacent to an activating group) is 1. The molecular formula is C19H21N5O. The van der Waals surface area contributed by atoms with Gasteiger partial charge in [0.1, 0.15) is 12.1 Å². The Morgan fingerprint density at radius 3 is 2.60 bits per heavy atom. The molecule has 0 bridgehead atoms. The summed E-state index contributed by atoms with van der Waals surface area (Å²) in [5.41, 5.74) is 1.80. The quantitative estimate of drug-likeness (QED) is 0.751. The average molecular weight is 335 g/mol. The SMILES string of the molecule is CN(C)C(Cc1ccccc1)C(=O)Nc1ccc(-n2ccnc2)nc1. The summed E-state index contributed by atoms with van der Waals surface area (Å²) in [6, 6.07) is 13.4. The minimum atomic E-state index is -0.254. The summed E-state index contributed by atoms with van der Waals surface area (Å²) in [5.74, 6) is 0.704. The number of nitrogens with one attached hydrogen (secondary N) is 1. The van der Waals surface area contributed by atoms with E-state index >= 15 is 0 Å². The van der Waals surface area contributed by atoms with Crippen molar-refractivity contribution >= 4 is 11.6 Å². The number of amides is 1. The molecule has 0 aliphatic heterocycles. The van der Waals surface area contributed by atoms with Gasteiger partial charge in [0.25, 0.3) is 0 Å². The van der Waals surface area contributed by atoms with E-state index in [9.17, 15) is 4.79 Å². The van der Waals surface area contributed by atoms with Crippen LogP contribution in [0, 0.1) is 0 Å². The van der Waals surface area contributed by atoms with Crippen LogP contribution in [-0.2, 0) is 11.2 Å². The Labute approximate surface area is 147 Å². The van der Waals surface area contributed by atoms with Crippen LogP contribution < -0.4 is 5.32 Å². The van der Waals surface area contributed by atoms with Crippen LogP contribution in [0.2, 0.25) is 0 Å². The van der Waals surface area contributed by atoms with E-state index in [2.05, 4.69) is 15.3 Å². The normalized spacial score (nSPS) is 12.1. The summed E-state index contributed by atoms with van der Waals surface area (Å²) >= 11 is 0. The van der Waals surface area contributed by atoms with E-state index in [0.717, 1.165) is 11.4 Å². The van der Waals surface area contributed by atoms with Crippen molar-refractivity contribution in [1.29, 1.82) is 0 Å². The highest BCUT2D eigenvalue weighted by molar-refractivity contribution is 5.94. The second kappa shape index (κ2) is 7.72. The van der Waals surface area contributed by atoms with Gasteiger partial charge in [-0.15, -0.1) is 0 Å². The lowest BCUT2D eigenvalue weighted by atomic mass is 10.0. The molecule has 0 radical (unpaired) electrons. The molecule has 25 heavy (non-hydrogen) atoms. The molecule has 0 aliphatic rings. The lowest BCUT2D eigenvalue weighted by Gasteiger charge is -2.23. The smallest absolute Gasteiger partial charge is 0.242 e. The summed E-state index contributed by atoms with van der Waals surface area (Å²) in [6.45, 7) is 0. The number of anilines is 1. The van der Waals surface area contributed by atoms with Crippen molar-refractivity contribution in [2.75, 3.05) is 19.4 Å². The highest BCUT2D eigenvalue weighted by Gasteiger charge is 2.21. The van der Waals surface area contributed by atoms with Crippen molar-refractivity contribution in [3.8, 4) is 5.82 Å². The van der Waals surface area contributed by atoms with Gasteiger partial charge in [-0.25, -0.2) is 9.97 Å². The number of hydrogen-bond acceptors (Lipinski definition) is 4. The number of benzene rings is 1. The zero-order valence-corrected chi connectivity index (χ0v) is 14.3. The van der Waals surface area contributed by atoms with Crippen LogP contribution in [0.3, 0.4) is 0 Å². The Kier molecular flexibility index (Phi) is 5.20. The van der Waals surface area contributed by atoms with Gasteiger partial charge in [0.05, 0.1) is 17.9 Å². The summed E-state index contributed by atoms with van der Waals surface area (Å²) in [4.78, 5) is 23.0. The van der Waals surface area contributed by atoms with Crippen molar-refractivity contribution in [3.05, 3.63) is 72.9 Å². The molecule has 0 fully saturated rings. The molecule has 1 atom stereocenters. The van der Waals surface area contributed by atoms with Gasteiger partial charge in [-0.1, -0.05) is 30.3 Å². The first-order valence-corrected chi connectivity index (χ1v) is 8.09. The molecule has 0 saturated heterocycles. The van der Waals surface area contributed by atoms with Crippen LogP contribution in [0.15, 0.2) is 67.4 Å². The summed E-state index contributed by atoms with van der Waals surface area (Å²) in [6.07, 6.45) is 7.51. The zero-order valence-electron chi connectivity index (χ0n) is 14.3. The lowest BCUT2D eigenvalue weighted by molar-refractivity contribution is -0.120. The molecule has 3 rings (SSSR count). The van der Waals surface area contributed by atoms with E-state index in [1.54, 1.807) is 18.7 Å². The van der Waals surface area contributed by atoms with Gasteiger partial charge in [0, 0.05) is 12.4 Å². The van der Waals surface area contributed by atoms with Crippen LogP contribution in [0.5, 0.6) is 0 Å². The highest BCUT2D eigenvalue weighted by atomic mass is 16.2. The molecular weight excluding hydrogens is 314 g/mol. The first-order chi connectivity index (χ1) is 12.1. The van der Waals surface area contributed by atoms with E-state index in [4.69, 9.17) is 0 Å². The third-order valence-electron chi connectivity index (χ3n) is 3.98. The number of nitrogens with zero attached hydrogens (tertiary/aromatic N) is 4. The molecule has 6 heteroatoms.